The quantitative estimate of drug-likeness (QED) is 0.890. The molecule has 106 valence electrons. The summed E-state index contributed by atoms with van der Waals surface area (Å²) in [6.45, 7) is 2.90. The second kappa shape index (κ2) is 5.88. The molecular formula is C13H21N3O2S. The maximum Gasteiger partial charge on any atom is 0.179 e. The van der Waals surface area contributed by atoms with Gasteiger partial charge in [-0.05, 0) is 44.0 Å². The van der Waals surface area contributed by atoms with Crippen LogP contribution >= 0.6 is 0 Å². The summed E-state index contributed by atoms with van der Waals surface area (Å²) < 4.78 is 23.5. The zero-order chi connectivity index (χ0) is 13.9. The van der Waals surface area contributed by atoms with Crippen LogP contribution in [0, 0.1) is 5.92 Å². The Labute approximate surface area is 114 Å². The fourth-order valence-electron chi connectivity index (χ4n) is 2.51. The van der Waals surface area contributed by atoms with Crippen molar-refractivity contribution < 1.29 is 8.42 Å². The van der Waals surface area contributed by atoms with E-state index >= 15 is 0 Å². The molecule has 0 spiro atoms. The van der Waals surface area contributed by atoms with E-state index in [0.717, 1.165) is 19.6 Å². The Kier molecular flexibility index (Phi) is 4.42. The van der Waals surface area contributed by atoms with Crippen molar-refractivity contribution in [3.05, 3.63) is 18.3 Å². The first-order valence-electron chi connectivity index (χ1n) is 6.55. The van der Waals surface area contributed by atoms with Crippen LogP contribution in [-0.2, 0) is 9.84 Å². The van der Waals surface area contributed by atoms with Gasteiger partial charge in [0.2, 0.25) is 0 Å². The molecule has 1 aromatic rings. The van der Waals surface area contributed by atoms with Gasteiger partial charge in [-0.25, -0.2) is 13.4 Å². The van der Waals surface area contributed by atoms with Crippen LogP contribution in [0.2, 0.25) is 0 Å². The van der Waals surface area contributed by atoms with E-state index in [1.54, 1.807) is 18.3 Å². The normalized spacial score (nSPS) is 20.2. The largest absolute Gasteiger partial charge is 0.358 e. The minimum Gasteiger partial charge on any atom is -0.358 e. The van der Waals surface area contributed by atoms with Gasteiger partial charge in [-0.2, -0.15) is 0 Å². The SMILES string of the molecule is CN(CC1CCCNC1)c1ncccc1S(C)(=O)=O. The van der Waals surface area contributed by atoms with Gasteiger partial charge in [0, 0.05) is 26.0 Å². The van der Waals surface area contributed by atoms with Crippen molar-refractivity contribution in [3.8, 4) is 0 Å². The monoisotopic (exact) mass is 283 g/mol. The third-order valence-electron chi connectivity index (χ3n) is 3.44. The lowest BCUT2D eigenvalue weighted by molar-refractivity contribution is 0.380. The second-order valence-corrected chi connectivity index (χ2v) is 7.17. The standard InChI is InChI=1S/C13H21N3O2S/c1-16(10-11-5-3-7-14-9-11)13-12(19(2,17)18)6-4-8-15-13/h4,6,8,11,14H,3,5,7,9-10H2,1-2H3. The van der Waals surface area contributed by atoms with E-state index in [4.69, 9.17) is 0 Å². The van der Waals surface area contributed by atoms with Gasteiger partial charge in [0.1, 0.15) is 10.7 Å². The summed E-state index contributed by atoms with van der Waals surface area (Å²) in [4.78, 5) is 6.50. The van der Waals surface area contributed by atoms with Gasteiger partial charge < -0.3 is 10.2 Å². The summed E-state index contributed by atoms with van der Waals surface area (Å²) in [6, 6.07) is 3.28. The number of aromatic nitrogens is 1. The highest BCUT2D eigenvalue weighted by atomic mass is 32.2. The first kappa shape index (κ1) is 14.3. The van der Waals surface area contributed by atoms with E-state index in [9.17, 15) is 8.42 Å². The number of nitrogens with zero attached hydrogens (tertiary/aromatic N) is 2. The van der Waals surface area contributed by atoms with Crippen LogP contribution in [0.4, 0.5) is 5.82 Å². The van der Waals surface area contributed by atoms with E-state index in [2.05, 4.69) is 10.3 Å². The van der Waals surface area contributed by atoms with E-state index in [-0.39, 0.29) is 0 Å². The second-order valence-electron chi connectivity index (χ2n) is 5.19. The van der Waals surface area contributed by atoms with Gasteiger partial charge in [0.25, 0.3) is 0 Å². The van der Waals surface area contributed by atoms with Crippen LogP contribution in [0.5, 0.6) is 0 Å². The molecule has 2 rings (SSSR count). The Morgan fingerprint density at radius 2 is 2.32 bits per heavy atom. The highest BCUT2D eigenvalue weighted by Gasteiger charge is 2.20. The summed E-state index contributed by atoms with van der Waals surface area (Å²) in [5, 5.41) is 3.37. The van der Waals surface area contributed by atoms with Crippen molar-refractivity contribution in [1.29, 1.82) is 0 Å². The maximum absolute atomic E-state index is 11.8. The van der Waals surface area contributed by atoms with Gasteiger partial charge in [-0.3, -0.25) is 0 Å². The highest BCUT2D eigenvalue weighted by Crippen LogP contribution is 2.23. The summed E-state index contributed by atoms with van der Waals surface area (Å²) in [5.74, 6) is 1.10. The third-order valence-corrected chi connectivity index (χ3v) is 4.56. The predicted octanol–water partition coefficient (Wildman–Crippen LogP) is 0.921. The van der Waals surface area contributed by atoms with Gasteiger partial charge in [-0.15, -0.1) is 0 Å². The van der Waals surface area contributed by atoms with Crippen LogP contribution in [0.3, 0.4) is 0 Å². The van der Waals surface area contributed by atoms with E-state index in [1.807, 2.05) is 11.9 Å². The fraction of sp³-hybridized carbons (Fsp3) is 0.615. The minimum absolute atomic E-state index is 0.307. The summed E-state index contributed by atoms with van der Waals surface area (Å²) in [5.41, 5.74) is 0. The zero-order valence-electron chi connectivity index (χ0n) is 11.5. The number of pyridine rings is 1. The number of nitrogens with one attached hydrogen (secondary N) is 1. The number of anilines is 1. The lowest BCUT2D eigenvalue weighted by atomic mass is 9.99. The predicted molar refractivity (Wildman–Crippen MR) is 76.2 cm³/mol. The average molecular weight is 283 g/mol. The molecule has 0 bridgehead atoms. The average Bonchev–Trinajstić information content (AvgIpc) is 2.39. The molecule has 6 heteroatoms. The molecule has 1 atom stereocenters. The fourth-order valence-corrected chi connectivity index (χ4v) is 3.38. The molecule has 0 saturated carbocycles. The van der Waals surface area contributed by atoms with Crippen LogP contribution in [0.1, 0.15) is 12.8 Å². The van der Waals surface area contributed by atoms with E-state index < -0.39 is 9.84 Å². The molecule has 0 aliphatic carbocycles. The molecular weight excluding hydrogens is 262 g/mol. The molecule has 1 aromatic heterocycles. The Balaban J connectivity index is 2.16. The van der Waals surface area contributed by atoms with Crippen molar-refractivity contribution in [2.45, 2.75) is 17.7 Å². The molecule has 1 aliphatic heterocycles. The summed E-state index contributed by atoms with van der Waals surface area (Å²) in [7, 11) is -1.33. The van der Waals surface area contributed by atoms with Gasteiger partial charge in [-0.1, -0.05) is 0 Å². The topological polar surface area (TPSA) is 62.3 Å². The minimum atomic E-state index is -3.24. The first-order chi connectivity index (χ1) is 8.98. The Morgan fingerprint density at radius 3 is 2.95 bits per heavy atom. The Bertz CT molecular complexity index is 524. The molecule has 1 unspecified atom stereocenters. The Hall–Kier alpha value is -1.14. The van der Waals surface area contributed by atoms with Crippen molar-refractivity contribution in [2.24, 2.45) is 5.92 Å². The number of piperidine rings is 1. The summed E-state index contributed by atoms with van der Waals surface area (Å²) in [6.07, 6.45) is 5.22. The van der Waals surface area contributed by atoms with Crippen LogP contribution in [-0.4, -0.2) is 46.3 Å². The lowest BCUT2D eigenvalue weighted by Gasteiger charge is -2.29. The lowest BCUT2D eigenvalue weighted by Crippen LogP contribution is -2.37. The first-order valence-corrected chi connectivity index (χ1v) is 8.44. The highest BCUT2D eigenvalue weighted by molar-refractivity contribution is 7.90. The van der Waals surface area contributed by atoms with Crippen LogP contribution in [0.25, 0.3) is 0 Å². The van der Waals surface area contributed by atoms with Crippen molar-refractivity contribution in [1.82, 2.24) is 10.3 Å². The van der Waals surface area contributed by atoms with Crippen molar-refractivity contribution in [3.63, 3.8) is 0 Å². The Morgan fingerprint density at radius 1 is 1.53 bits per heavy atom. The van der Waals surface area contributed by atoms with E-state index in [1.165, 1.54) is 19.1 Å². The number of sulfone groups is 1. The number of rotatable bonds is 4. The molecule has 19 heavy (non-hydrogen) atoms. The van der Waals surface area contributed by atoms with Crippen LogP contribution < -0.4 is 10.2 Å². The molecule has 0 amide bonds. The van der Waals surface area contributed by atoms with E-state index in [0.29, 0.717) is 16.6 Å². The smallest absolute Gasteiger partial charge is 0.179 e. The zero-order valence-corrected chi connectivity index (χ0v) is 12.3. The number of hydrogen-bond acceptors (Lipinski definition) is 5. The van der Waals surface area contributed by atoms with Gasteiger partial charge in [0.05, 0.1) is 0 Å². The van der Waals surface area contributed by atoms with Crippen molar-refractivity contribution >= 4 is 15.7 Å². The molecule has 1 fully saturated rings. The molecule has 5 nitrogen and oxygen atoms in total. The van der Waals surface area contributed by atoms with Gasteiger partial charge >= 0.3 is 0 Å². The van der Waals surface area contributed by atoms with Gasteiger partial charge in [0.15, 0.2) is 9.84 Å². The van der Waals surface area contributed by atoms with Crippen molar-refractivity contribution in [2.75, 3.05) is 37.8 Å². The molecule has 1 N–H and O–H groups in total. The van der Waals surface area contributed by atoms with Crippen LogP contribution in [0.15, 0.2) is 23.2 Å². The molecule has 0 radical (unpaired) electrons. The molecule has 1 saturated heterocycles. The molecule has 0 aromatic carbocycles. The number of hydrogen-bond donors (Lipinski definition) is 1. The molecule has 2 heterocycles. The third kappa shape index (κ3) is 3.67. The molecule has 1 aliphatic rings. The maximum atomic E-state index is 11.8. The summed E-state index contributed by atoms with van der Waals surface area (Å²) >= 11 is 0.